The second-order valence-electron chi connectivity index (χ2n) is 2.48. The van der Waals surface area contributed by atoms with Crippen LogP contribution in [0.25, 0.3) is 11.7 Å². The van der Waals surface area contributed by atoms with Gasteiger partial charge in [0.1, 0.15) is 5.76 Å². The predicted octanol–water partition coefficient (Wildman–Crippen LogP) is 2.50. The van der Waals surface area contributed by atoms with Crippen LogP contribution in [0.15, 0.2) is 21.0 Å². The first-order chi connectivity index (χ1) is 6.29. The van der Waals surface area contributed by atoms with Crippen LogP contribution in [0.5, 0.6) is 0 Å². The quantitative estimate of drug-likeness (QED) is 0.797. The fraction of sp³-hybridized carbons (Fsp3) is 0.250. The Kier molecular flexibility index (Phi) is 2.34. The van der Waals surface area contributed by atoms with Crippen LogP contribution < -0.4 is 0 Å². The van der Waals surface area contributed by atoms with Gasteiger partial charge < -0.3 is 8.83 Å². The van der Waals surface area contributed by atoms with Crippen LogP contribution in [0.3, 0.4) is 0 Å². The van der Waals surface area contributed by atoms with Gasteiger partial charge in [-0.1, -0.05) is 6.92 Å². The molecule has 0 bridgehead atoms. The topological polar surface area (TPSA) is 52.1 Å². The molecule has 0 aromatic carbocycles. The lowest BCUT2D eigenvalue weighted by atomic mass is 10.3. The molecule has 5 heteroatoms. The summed E-state index contributed by atoms with van der Waals surface area (Å²) in [5.41, 5.74) is 0. The Labute approximate surface area is 88.5 Å². The van der Waals surface area contributed by atoms with Gasteiger partial charge in [-0.2, -0.15) is 0 Å². The highest BCUT2D eigenvalue weighted by Crippen LogP contribution is 2.21. The van der Waals surface area contributed by atoms with Gasteiger partial charge in [-0.3, -0.25) is 0 Å². The summed E-state index contributed by atoms with van der Waals surface area (Å²) in [7, 11) is 0. The molecule has 2 aromatic rings. The van der Waals surface area contributed by atoms with Crippen molar-refractivity contribution in [3.8, 4) is 11.7 Å². The molecule has 0 amide bonds. The van der Waals surface area contributed by atoms with Crippen LogP contribution in [0.2, 0.25) is 0 Å². The average Bonchev–Trinajstić information content (AvgIpc) is 2.71. The molecule has 0 saturated carbocycles. The summed E-state index contributed by atoms with van der Waals surface area (Å²) < 4.78 is 11.1. The van der Waals surface area contributed by atoms with E-state index in [1.165, 1.54) is 0 Å². The minimum atomic E-state index is 0.434. The molecule has 2 rings (SSSR count). The monoisotopic (exact) mass is 290 g/mol. The molecule has 4 nitrogen and oxygen atoms in total. The lowest BCUT2D eigenvalue weighted by Gasteiger charge is -1.87. The smallest absolute Gasteiger partial charge is 0.284 e. The molecule has 0 atom stereocenters. The molecule has 0 radical (unpaired) electrons. The Morgan fingerprint density at radius 2 is 2.15 bits per heavy atom. The average molecular weight is 290 g/mol. The molecule has 0 aliphatic carbocycles. The molecule has 68 valence electrons. The number of aromatic nitrogens is 2. The lowest BCUT2D eigenvalue weighted by molar-refractivity contribution is 0.480. The largest absolute Gasteiger partial charge is 0.456 e. The van der Waals surface area contributed by atoms with Gasteiger partial charge >= 0.3 is 0 Å². The summed E-state index contributed by atoms with van der Waals surface area (Å²) in [6, 6.07) is 3.74. The molecular weight excluding hydrogens is 283 g/mol. The summed E-state index contributed by atoms with van der Waals surface area (Å²) in [6.45, 7) is 2.03. The van der Waals surface area contributed by atoms with E-state index >= 15 is 0 Å². The number of hydrogen-bond donors (Lipinski definition) is 0. The van der Waals surface area contributed by atoms with Crippen LogP contribution in [-0.4, -0.2) is 10.2 Å². The summed E-state index contributed by atoms with van der Waals surface area (Å²) in [4.78, 5) is 0. The normalized spacial score (nSPS) is 10.6. The molecule has 2 heterocycles. The van der Waals surface area contributed by atoms with E-state index in [2.05, 4.69) is 10.2 Å². The maximum atomic E-state index is 5.43. The zero-order valence-corrected chi connectivity index (χ0v) is 9.11. The van der Waals surface area contributed by atoms with Gasteiger partial charge in [0.05, 0.1) is 0 Å². The molecule has 0 fully saturated rings. The summed E-state index contributed by atoms with van der Waals surface area (Å²) in [6.07, 6.45) is 0.866. The molecule has 13 heavy (non-hydrogen) atoms. The summed E-state index contributed by atoms with van der Waals surface area (Å²) in [5.74, 6) is 1.99. The fourth-order valence-electron chi connectivity index (χ4n) is 0.988. The molecule has 0 aliphatic rings. The summed E-state index contributed by atoms with van der Waals surface area (Å²) >= 11 is 1.96. The van der Waals surface area contributed by atoms with Crippen molar-refractivity contribution in [2.45, 2.75) is 13.3 Å². The van der Waals surface area contributed by atoms with E-state index in [1.54, 1.807) is 0 Å². The van der Waals surface area contributed by atoms with E-state index in [0.717, 1.165) is 12.2 Å². The Hall–Kier alpha value is -0.850. The molecular formula is C8H7IN2O2. The van der Waals surface area contributed by atoms with Gasteiger partial charge in [0.15, 0.2) is 5.76 Å². The van der Waals surface area contributed by atoms with E-state index in [0.29, 0.717) is 15.5 Å². The number of nitrogens with zero attached hydrogens (tertiary/aromatic N) is 2. The first-order valence-corrected chi connectivity index (χ1v) is 4.95. The summed E-state index contributed by atoms with van der Waals surface area (Å²) in [5, 5.41) is 7.55. The van der Waals surface area contributed by atoms with E-state index < -0.39 is 0 Å². The van der Waals surface area contributed by atoms with Crippen molar-refractivity contribution in [2.75, 3.05) is 0 Å². The minimum absolute atomic E-state index is 0.434. The fourth-order valence-corrected chi connectivity index (χ4v) is 1.30. The zero-order valence-electron chi connectivity index (χ0n) is 6.95. The van der Waals surface area contributed by atoms with Crippen LogP contribution in [-0.2, 0) is 6.42 Å². The third kappa shape index (κ3) is 1.74. The first kappa shape index (κ1) is 8.74. The Morgan fingerprint density at radius 3 is 2.69 bits per heavy atom. The second kappa shape index (κ2) is 3.49. The van der Waals surface area contributed by atoms with Gasteiger partial charge in [0.25, 0.3) is 9.79 Å². The highest BCUT2D eigenvalue weighted by atomic mass is 127. The van der Waals surface area contributed by atoms with E-state index in [4.69, 9.17) is 8.83 Å². The van der Waals surface area contributed by atoms with Crippen molar-refractivity contribution < 1.29 is 8.83 Å². The molecule has 0 saturated heterocycles. The van der Waals surface area contributed by atoms with Crippen molar-refractivity contribution in [1.29, 1.82) is 0 Å². The number of hydrogen-bond acceptors (Lipinski definition) is 4. The van der Waals surface area contributed by atoms with Crippen LogP contribution in [0, 0.1) is 3.90 Å². The van der Waals surface area contributed by atoms with E-state index in [1.807, 2.05) is 41.6 Å². The van der Waals surface area contributed by atoms with Crippen LogP contribution in [0.4, 0.5) is 0 Å². The SMILES string of the molecule is CCc1ccc(-c2nnc(I)o2)o1. The van der Waals surface area contributed by atoms with Gasteiger partial charge in [-0.15, -0.1) is 10.2 Å². The van der Waals surface area contributed by atoms with Crippen molar-refractivity contribution in [3.63, 3.8) is 0 Å². The van der Waals surface area contributed by atoms with Crippen molar-refractivity contribution in [3.05, 3.63) is 21.8 Å². The minimum Gasteiger partial charge on any atom is -0.456 e. The van der Waals surface area contributed by atoms with Gasteiger partial charge in [-0.05, 0) is 12.1 Å². The second-order valence-corrected chi connectivity index (χ2v) is 3.40. The third-order valence-electron chi connectivity index (χ3n) is 1.62. The third-order valence-corrected chi connectivity index (χ3v) is 2.06. The zero-order chi connectivity index (χ0) is 9.26. The van der Waals surface area contributed by atoms with Crippen LogP contribution >= 0.6 is 22.6 Å². The van der Waals surface area contributed by atoms with E-state index in [-0.39, 0.29) is 0 Å². The Bertz CT molecular complexity index is 408. The Morgan fingerprint density at radius 1 is 1.31 bits per heavy atom. The first-order valence-electron chi connectivity index (χ1n) is 3.87. The van der Waals surface area contributed by atoms with Crippen LogP contribution in [0.1, 0.15) is 12.7 Å². The van der Waals surface area contributed by atoms with Crippen molar-refractivity contribution in [2.24, 2.45) is 0 Å². The molecule has 0 N–H and O–H groups in total. The predicted molar refractivity (Wildman–Crippen MR) is 54.1 cm³/mol. The highest BCUT2D eigenvalue weighted by Gasteiger charge is 2.10. The van der Waals surface area contributed by atoms with Gasteiger partial charge in [0, 0.05) is 29.0 Å². The lowest BCUT2D eigenvalue weighted by Crippen LogP contribution is -1.73. The highest BCUT2D eigenvalue weighted by molar-refractivity contribution is 14.1. The van der Waals surface area contributed by atoms with E-state index in [9.17, 15) is 0 Å². The van der Waals surface area contributed by atoms with Crippen molar-refractivity contribution in [1.82, 2.24) is 10.2 Å². The van der Waals surface area contributed by atoms with Gasteiger partial charge in [0.2, 0.25) is 0 Å². The number of rotatable bonds is 2. The van der Waals surface area contributed by atoms with Crippen molar-refractivity contribution >= 4 is 22.6 Å². The molecule has 0 aliphatic heterocycles. The Balaban J connectivity index is 2.35. The van der Waals surface area contributed by atoms with Gasteiger partial charge in [-0.25, -0.2) is 0 Å². The number of furan rings is 1. The molecule has 0 unspecified atom stereocenters. The standard InChI is InChI=1S/C8H7IN2O2/c1-2-5-3-4-6(12-5)7-10-11-8(9)13-7/h3-4H,2H2,1H3. The molecule has 2 aromatic heterocycles. The number of aryl methyl sites for hydroxylation is 1. The maximum Gasteiger partial charge on any atom is 0.284 e. The maximum absolute atomic E-state index is 5.43. The molecule has 0 spiro atoms. The number of halogens is 1.